The molecule has 0 radical (unpaired) electrons. The Labute approximate surface area is 152 Å². The van der Waals surface area contributed by atoms with E-state index in [1.165, 1.54) is 0 Å². The molecule has 1 saturated heterocycles. The summed E-state index contributed by atoms with van der Waals surface area (Å²) in [7, 11) is 0. The lowest BCUT2D eigenvalue weighted by atomic mass is 10.0. The molecule has 1 aromatic heterocycles. The second-order valence-electron chi connectivity index (χ2n) is 6.23. The Hall–Kier alpha value is -3.08. The number of hydrogen-bond donors (Lipinski definition) is 0. The van der Waals surface area contributed by atoms with Crippen molar-refractivity contribution in [1.29, 1.82) is 0 Å². The third kappa shape index (κ3) is 3.08. The molecule has 0 unspecified atom stereocenters. The van der Waals surface area contributed by atoms with E-state index < -0.39 is 0 Å². The summed E-state index contributed by atoms with van der Waals surface area (Å²) >= 11 is 0. The number of rotatable bonds is 5. The zero-order chi connectivity index (χ0) is 17.9. The summed E-state index contributed by atoms with van der Waals surface area (Å²) in [6, 6.07) is 15.5. The zero-order valence-electron chi connectivity index (χ0n) is 14.6. The molecule has 5 nitrogen and oxygen atoms in total. The van der Waals surface area contributed by atoms with E-state index in [0.29, 0.717) is 31.0 Å². The predicted molar refractivity (Wildman–Crippen MR) is 99.7 cm³/mol. The smallest absolute Gasteiger partial charge is 0.258 e. The molecule has 1 aliphatic rings. The van der Waals surface area contributed by atoms with E-state index in [9.17, 15) is 4.79 Å². The SMILES string of the molecule is CCOc1ccc2ccccc2c1C(=O)N1CC(Oc2cccnc2)C1. The van der Waals surface area contributed by atoms with Crippen molar-refractivity contribution in [1.82, 2.24) is 9.88 Å². The molecule has 1 amide bonds. The molecule has 1 aliphatic heterocycles. The van der Waals surface area contributed by atoms with Gasteiger partial charge in [-0.15, -0.1) is 0 Å². The molecule has 5 heteroatoms. The second kappa shape index (κ2) is 7.04. The van der Waals surface area contributed by atoms with Gasteiger partial charge in [-0.3, -0.25) is 9.78 Å². The third-order valence-electron chi connectivity index (χ3n) is 4.48. The first kappa shape index (κ1) is 16.4. The summed E-state index contributed by atoms with van der Waals surface area (Å²) in [5.74, 6) is 1.34. The van der Waals surface area contributed by atoms with Crippen LogP contribution in [0.5, 0.6) is 11.5 Å². The molecule has 1 fully saturated rings. The highest BCUT2D eigenvalue weighted by Gasteiger charge is 2.34. The van der Waals surface area contributed by atoms with Gasteiger partial charge in [-0.2, -0.15) is 0 Å². The van der Waals surface area contributed by atoms with Crippen LogP contribution < -0.4 is 9.47 Å². The minimum absolute atomic E-state index is 0.00586. The molecule has 4 rings (SSSR count). The number of hydrogen-bond acceptors (Lipinski definition) is 4. The van der Waals surface area contributed by atoms with Gasteiger partial charge in [0, 0.05) is 6.20 Å². The Morgan fingerprint density at radius 2 is 2.00 bits per heavy atom. The topological polar surface area (TPSA) is 51.7 Å². The Kier molecular flexibility index (Phi) is 4.44. The van der Waals surface area contributed by atoms with Crippen molar-refractivity contribution in [2.24, 2.45) is 0 Å². The average molecular weight is 348 g/mol. The van der Waals surface area contributed by atoms with Gasteiger partial charge in [0.25, 0.3) is 5.91 Å². The number of fused-ring (bicyclic) bond motifs is 1. The number of likely N-dealkylation sites (tertiary alicyclic amines) is 1. The molecule has 0 N–H and O–H groups in total. The van der Waals surface area contributed by atoms with Crippen LogP contribution in [-0.4, -0.2) is 41.6 Å². The fourth-order valence-electron chi connectivity index (χ4n) is 3.19. The lowest BCUT2D eigenvalue weighted by molar-refractivity contribution is 0.0175. The van der Waals surface area contributed by atoms with Crippen molar-refractivity contribution in [2.45, 2.75) is 13.0 Å². The summed E-state index contributed by atoms with van der Waals surface area (Å²) < 4.78 is 11.6. The van der Waals surface area contributed by atoms with E-state index in [4.69, 9.17) is 9.47 Å². The van der Waals surface area contributed by atoms with Gasteiger partial charge in [0.15, 0.2) is 0 Å². The third-order valence-corrected chi connectivity index (χ3v) is 4.48. The Balaban J connectivity index is 1.54. The largest absolute Gasteiger partial charge is 0.493 e. The maximum Gasteiger partial charge on any atom is 0.258 e. The first-order chi connectivity index (χ1) is 12.8. The van der Waals surface area contributed by atoms with Crippen molar-refractivity contribution >= 4 is 16.7 Å². The van der Waals surface area contributed by atoms with Crippen LogP contribution in [0.25, 0.3) is 10.8 Å². The molecule has 0 spiro atoms. The lowest BCUT2D eigenvalue weighted by Crippen LogP contribution is -2.56. The van der Waals surface area contributed by atoms with Crippen LogP contribution in [0.3, 0.4) is 0 Å². The van der Waals surface area contributed by atoms with Crippen LogP contribution in [0, 0.1) is 0 Å². The first-order valence-corrected chi connectivity index (χ1v) is 8.76. The Morgan fingerprint density at radius 1 is 1.15 bits per heavy atom. The van der Waals surface area contributed by atoms with Crippen LogP contribution in [0.1, 0.15) is 17.3 Å². The first-order valence-electron chi connectivity index (χ1n) is 8.76. The molecule has 2 aromatic carbocycles. The van der Waals surface area contributed by atoms with Gasteiger partial charge < -0.3 is 14.4 Å². The molecule has 0 saturated carbocycles. The minimum Gasteiger partial charge on any atom is -0.493 e. The van der Waals surface area contributed by atoms with Gasteiger partial charge in [0.1, 0.15) is 17.6 Å². The van der Waals surface area contributed by atoms with E-state index in [0.717, 1.165) is 16.5 Å². The molecule has 132 valence electrons. The quantitative estimate of drug-likeness (QED) is 0.708. The van der Waals surface area contributed by atoms with Crippen LogP contribution in [0.15, 0.2) is 60.9 Å². The summed E-state index contributed by atoms with van der Waals surface area (Å²) in [4.78, 5) is 19.0. The zero-order valence-corrected chi connectivity index (χ0v) is 14.6. The van der Waals surface area contributed by atoms with Crippen molar-refractivity contribution in [3.05, 3.63) is 66.5 Å². The monoisotopic (exact) mass is 348 g/mol. The van der Waals surface area contributed by atoms with Crippen LogP contribution in [0.2, 0.25) is 0 Å². The molecule has 0 atom stereocenters. The number of pyridine rings is 1. The number of nitrogens with zero attached hydrogens (tertiary/aromatic N) is 2. The lowest BCUT2D eigenvalue weighted by Gasteiger charge is -2.39. The highest BCUT2D eigenvalue weighted by molar-refractivity contribution is 6.09. The summed E-state index contributed by atoms with van der Waals surface area (Å²) in [6.07, 6.45) is 3.38. The van der Waals surface area contributed by atoms with E-state index >= 15 is 0 Å². The van der Waals surface area contributed by atoms with Crippen molar-refractivity contribution in [3.63, 3.8) is 0 Å². The maximum absolute atomic E-state index is 13.1. The normalized spacial score (nSPS) is 14.1. The van der Waals surface area contributed by atoms with Crippen molar-refractivity contribution < 1.29 is 14.3 Å². The fourth-order valence-corrected chi connectivity index (χ4v) is 3.19. The van der Waals surface area contributed by atoms with E-state index in [-0.39, 0.29) is 12.0 Å². The van der Waals surface area contributed by atoms with Gasteiger partial charge in [-0.25, -0.2) is 0 Å². The molecule has 26 heavy (non-hydrogen) atoms. The molecule has 0 aliphatic carbocycles. The van der Waals surface area contributed by atoms with Gasteiger partial charge in [0.2, 0.25) is 0 Å². The molecular weight excluding hydrogens is 328 g/mol. The number of ether oxygens (including phenoxy) is 2. The summed E-state index contributed by atoms with van der Waals surface area (Å²) in [5.41, 5.74) is 0.629. The molecule has 0 bridgehead atoms. The Bertz CT molecular complexity index is 921. The fraction of sp³-hybridized carbons (Fsp3) is 0.238. The van der Waals surface area contributed by atoms with E-state index in [1.54, 1.807) is 17.3 Å². The van der Waals surface area contributed by atoms with Gasteiger partial charge in [-0.1, -0.05) is 30.3 Å². The number of aromatic nitrogens is 1. The van der Waals surface area contributed by atoms with E-state index in [1.807, 2.05) is 55.5 Å². The maximum atomic E-state index is 13.1. The van der Waals surface area contributed by atoms with Crippen molar-refractivity contribution in [3.8, 4) is 11.5 Å². The van der Waals surface area contributed by atoms with Crippen LogP contribution in [-0.2, 0) is 0 Å². The Morgan fingerprint density at radius 3 is 2.77 bits per heavy atom. The number of carbonyl (C=O) groups is 1. The van der Waals surface area contributed by atoms with Crippen LogP contribution in [0.4, 0.5) is 0 Å². The van der Waals surface area contributed by atoms with Crippen molar-refractivity contribution in [2.75, 3.05) is 19.7 Å². The number of amides is 1. The second-order valence-corrected chi connectivity index (χ2v) is 6.23. The predicted octanol–water partition coefficient (Wildman–Crippen LogP) is 3.54. The standard InChI is InChI=1S/C21H20N2O3/c1-2-25-19-10-9-15-6-3-4-8-18(15)20(19)21(24)23-13-17(14-23)26-16-7-5-11-22-12-16/h3-12,17H,2,13-14H2,1H3. The van der Waals surface area contributed by atoms with Gasteiger partial charge >= 0.3 is 0 Å². The number of carbonyl (C=O) groups excluding carboxylic acids is 1. The number of benzene rings is 2. The minimum atomic E-state index is -0.0173. The highest BCUT2D eigenvalue weighted by Crippen LogP contribution is 2.31. The van der Waals surface area contributed by atoms with Crippen LogP contribution >= 0.6 is 0 Å². The van der Waals surface area contributed by atoms with Gasteiger partial charge in [0.05, 0.1) is 31.5 Å². The summed E-state index contributed by atoms with van der Waals surface area (Å²) in [6.45, 7) is 3.56. The average Bonchev–Trinajstić information content (AvgIpc) is 2.65. The summed E-state index contributed by atoms with van der Waals surface area (Å²) in [5, 5.41) is 1.95. The molecular formula is C21H20N2O3. The molecule has 2 heterocycles. The van der Waals surface area contributed by atoms with Gasteiger partial charge in [-0.05, 0) is 35.9 Å². The molecule has 3 aromatic rings. The van der Waals surface area contributed by atoms with E-state index in [2.05, 4.69) is 4.98 Å². The highest BCUT2D eigenvalue weighted by atomic mass is 16.5.